The van der Waals surface area contributed by atoms with Crippen LogP contribution in [0.1, 0.15) is 19.8 Å². The van der Waals surface area contributed by atoms with Gasteiger partial charge < -0.3 is 15.4 Å². The lowest BCUT2D eigenvalue weighted by atomic mass is 9.81. The second-order valence-corrected chi connectivity index (χ2v) is 7.04. The predicted octanol–water partition coefficient (Wildman–Crippen LogP) is 3.53. The van der Waals surface area contributed by atoms with Crippen LogP contribution in [0.2, 0.25) is 15.1 Å². The zero-order valence-electron chi connectivity index (χ0n) is 12.3. The monoisotopic (exact) mass is 364 g/mol. The van der Waals surface area contributed by atoms with Gasteiger partial charge in [-0.2, -0.15) is 0 Å². The molecule has 0 radical (unpaired) electrons. The van der Waals surface area contributed by atoms with E-state index in [0.29, 0.717) is 27.4 Å². The first-order valence-electron chi connectivity index (χ1n) is 7.14. The third kappa shape index (κ3) is 4.92. The molecule has 22 heavy (non-hydrogen) atoms. The van der Waals surface area contributed by atoms with Gasteiger partial charge in [0.25, 0.3) is 5.91 Å². The molecule has 0 spiro atoms. The van der Waals surface area contributed by atoms with E-state index in [-0.39, 0.29) is 17.9 Å². The zero-order chi connectivity index (χ0) is 16.2. The first-order chi connectivity index (χ1) is 10.4. The fraction of sp³-hybridized carbons (Fsp3) is 0.533. The average Bonchev–Trinajstić information content (AvgIpc) is 2.48. The van der Waals surface area contributed by atoms with Crippen molar-refractivity contribution in [1.82, 2.24) is 10.6 Å². The summed E-state index contributed by atoms with van der Waals surface area (Å²) in [6.45, 7) is 4.70. The van der Waals surface area contributed by atoms with E-state index in [1.165, 1.54) is 12.1 Å². The van der Waals surface area contributed by atoms with Crippen LogP contribution in [0.3, 0.4) is 0 Å². The molecule has 1 saturated heterocycles. The number of hydrogen-bond acceptors (Lipinski definition) is 3. The first-order valence-corrected chi connectivity index (χ1v) is 8.28. The number of amides is 1. The summed E-state index contributed by atoms with van der Waals surface area (Å²) in [7, 11) is 0. The smallest absolute Gasteiger partial charge is 0.257 e. The quantitative estimate of drug-likeness (QED) is 0.785. The van der Waals surface area contributed by atoms with E-state index < -0.39 is 0 Å². The summed E-state index contributed by atoms with van der Waals surface area (Å²) in [5.74, 6) is 0.168. The lowest BCUT2D eigenvalue weighted by Gasteiger charge is -2.34. The Morgan fingerprint density at radius 2 is 1.86 bits per heavy atom. The van der Waals surface area contributed by atoms with Crippen LogP contribution in [0.25, 0.3) is 0 Å². The van der Waals surface area contributed by atoms with Crippen LogP contribution in [0.4, 0.5) is 0 Å². The van der Waals surface area contributed by atoms with Gasteiger partial charge >= 0.3 is 0 Å². The molecular weight excluding hydrogens is 347 g/mol. The molecule has 1 fully saturated rings. The average molecular weight is 366 g/mol. The van der Waals surface area contributed by atoms with Gasteiger partial charge in [0, 0.05) is 12.6 Å². The number of hydrogen-bond donors (Lipinski definition) is 2. The molecule has 2 rings (SSSR count). The minimum atomic E-state index is -0.179. The normalized spacial score (nSPS) is 17.1. The van der Waals surface area contributed by atoms with Crippen molar-refractivity contribution in [2.45, 2.75) is 19.8 Å². The third-order valence-electron chi connectivity index (χ3n) is 3.86. The molecule has 0 saturated carbocycles. The number of halogens is 3. The van der Waals surface area contributed by atoms with Crippen LogP contribution in [-0.4, -0.2) is 32.1 Å². The summed E-state index contributed by atoms with van der Waals surface area (Å²) in [6, 6.07) is 3.00. The summed E-state index contributed by atoms with van der Waals surface area (Å²) in [5, 5.41) is 7.24. The van der Waals surface area contributed by atoms with Crippen molar-refractivity contribution in [2.24, 2.45) is 5.41 Å². The lowest BCUT2D eigenvalue weighted by molar-refractivity contribution is -0.123. The number of benzene rings is 1. The number of ether oxygens (including phenoxy) is 1. The number of nitrogens with one attached hydrogen (secondary N) is 2. The summed E-state index contributed by atoms with van der Waals surface area (Å²) < 4.78 is 5.41. The Kier molecular flexibility index (Phi) is 6.21. The Morgan fingerprint density at radius 1 is 1.23 bits per heavy atom. The summed E-state index contributed by atoms with van der Waals surface area (Å²) >= 11 is 17.7. The molecule has 0 unspecified atom stereocenters. The van der Waals surface area contributed by atoms with Gasteiger partial charge in [-0.05, 0) is 37.4 Å². The number of rotatable bonds is 5. The van der Waals surface area contributed by atoms with E-state index in [4.69, 9.17) is 39.5 Å². The third-order valence-corrected chi connectivity index (χ3v) is 4.87. The fourth-order valence-corrected chi connectivity index (χ4v) is 2.92. The Morgan fingerprint density at radius 3 is 2.55 bits per heavy atom. The molecule has 7 heteroatoms. The van der Waals surface area contributed by atoms with Gasteiger partial charge in [0.1, 0.15) is 5.75 Å². The summed E-state index contributed by atoms with van der Waals surface area (Å²) in [4.78, 5) is 11.9. The Balaban J connectivity index is 1.81. The molecule has 0 aromatic heterocycles. The van der Waals surface area contributed by atoms with Gasteiger partial charge in [-0.1, -0.05) is 41.7 Å². The second kappa shape index (κ2) is 7.73. The maximum atomic E-state index is 11.9. The number of carbonyl (C=O) groups is 1. The molecule has 1 aromatic rings. The van der Waals surface area contributed by atoms with E-state index in [1.54, 1.807) is 0 Å². The molecule has 122 valence electrons. The van der Waals surface area contributed by atoms with Gasteiger partial charge in [0.15, 0.2) is 6.61 Å². The highest BCUT2D eigenvalue weighted by molar-refractivity contribution is 6.43. The van der Waals surface area contributed by atoms with Gasteiger partial charge in [0.05, 0.1) is 15.1 Å². The highest BCUT2D eigenvalue weighted by Gasteiger charge is 2.27. The molecule has 0 atom stereocenters. The maximum Gasteiger partial charge on any atom is 0.257 e. The highest BCUT2D eigenvalue weighted by atomic mass is 35.5. The Bertz CT molecular complexity index is 546. The van der Waals surface area contributed by atoms with Gasteiger partial charge in [0.2, 0.25) is 0 Å². The van der Waals surface area contributed by atoms with Crippen molar-refractivity contribution in [3.05, 3.63) is 27.2 Å². The van der Waals surface area contributed by atoms with Crippen LogP contribution >= 0.6 is 34.8 Å². The van der Waals surface area contributed by atoms with Crippen molar-refractivity contribution in [1.29, 1.82) is 0 Å². The van der Waals surface area contributed by atoms with E-state index >= 15 is 0 Å². The molecule has 1 aromatic carbocycles. The van der Waals surface area contributed by atoms with Crippen LogP contribution < -0.4 is 15.4 Å². The van der Waals surface area contributed by atoms with Crippen LogP contribution in [0.5, 0.6) is 5.75 Å². The second-order valence-electron chi connectivity index (χ2n) is 5.82. The van der Waals surface area contributed by atoms with E-state index in [2.05, 4.69) is 17.6 Å². The van der Waals surface area contributed by atoms with Gasteiger partial charge in [-0.25, -0.2) is 0 Å². The molecule has 0 bridgehead atoms. The minimum Gasteiger partial charge on any atom is -0.482 e. The summed E-state index contributed by atoms with van der Waals surface area (Å²) in [6.07, 6.45) is 2.10. The molecular formula is C15H19Cl3N2O2. The van der Waals surface area contributed by atoms with Crippen molar-refractivity contribution < 1.29 is 9.53 Å². The highest BCUT2D eigenvalue weighted by Crippen LogP contribution is 2.33. The molecule has 1 heterocycles. The molecule has 1 amide bonds. The minimum absolute atomic E-state index is 0.105. The Labute approximate surface area is 145 Å². The number of carbonyl (C=O) groups excluding carboxylic acids is 1. The van der Waals surface area contributed by atoms with Crippen LogP contribution in [0.15, 0.2) is 12.1 Å². The number of piperidine rings is 1. The lowest BCUT2D eigenvalue weighted by Crippen LogP contribution is -2.43. The molecule has 0 aliphatic carbocycles. The maximum absolute atomic E-state index is 11.9. The van der Waals surface area contributed by atoms with E-state index in [0.717, 1.165) is 25.9 Å². The van der Waals surface area contributed by atoms with Crippen LogP contribution in [0, 0.1) is 5.41 Å². The van der Waals surface area contributed by atoms with Gasteiger partial charge in [-0.3, -0.25) is 4.79 Å². The Hall–Kier alpha value is -0.680. The molecule has 4 nitrogen and oxygen atoms in total. The largest absolute Gasteiger partial charge is 0.482 e. The summed E-state index contributed by atoms with van der Waals surface area (Å²) in [5.41, 5.74) is 0.141. The van der Waals surface area contributed by atoms with Crippen molar-refractivity contribution in [3.63, 3.8) is 0 Å². The van der Waals surface area contributed by atoms with Crippen LogP contribution in [-0.2, 0) is 4.79 Å². The SMILES string of the molecule is CC1(CNC(=O)COc2cc(Cl)c(Cl)cc2Cl)CCNCC1. The zero-order valence-corrected chi connectivity index (χ0v) is 14.6. The molecule has 2 N–H and O–H groups in total. The van der Waals surface area contributed by atoms with Crippen molar-refractivity contribution >= 4 is 40.7 Å². The molecule has 1 aliphatic heterocycles. The standard InChI is InChI=1S/C15H19Cl3N2O2/c1-15(2-4-19-5-3-15)9-20-14(21)8-22-13-7-11(17)10(16)6-12(13)18/h6-7,19H,2-5,8-9H2,1H3,(H,20,21). The fourth-order valence-electron chi connectivity index (χ4n) is 2.33. The van der Waals surface area contributed by atoms with E-state index in [1.807, 2.05) is 0 Å². The van der Waals surface area contributed by atoms with Gasteiger partial charge in [-0.15, -0.1) is 0 Å². The van der Waals surface area contributed by atoms with Crippen molar-refractivity contribution in [3.8, 4) is 5.75 Å². The first kappa shape index (κ1) is 17.7. The van der Waals surface area contributed by atoms with Crippen molar-refractivity contribution in [2.75, 3.05) is 26.2 Å². The molecule has 1 aliphatic rings. The predicted molar refractivity (Wildman–Crippen MR) is 90.2 cm³/mol. The van der Waals surface area contributed by atoms with E-state index in [9.17, 15) is 4.79 Å². The topological polar surface area (TPSA) is 50.4 Å².